The van der Waals surface area contributed by atoms with Crippen LogP contribution in [0.25, 0.3) is 0 Å². The Morgan fingerprint density at radius 2 is 1.67 bits per heavy atom. The molecule has 2 N–H and O–H groups in total. The molecule has 0 radical (unpaired) electrons. The van der Waals surface area contributed by atoms with Crippen LogP contribution in [0, 0.1) is 5.82 Å². The fourth-order valence-corrected chi connectivity index (χ4v) is 3.18. The number of carboxylic acid groups (broad SMARTS) is 1. The van der Waals surface area contributed by atoms with E-state index in [0.717, 1.165) is 0 Å². The highest BCUT2D eigenvalue weighted by Crippen LogP contribution is 2.17. The van der Waals surface area contributed by atoms with Crippen LogP contribution in [-0.4, -0.2) is 88.5 Å². The quantitative estimate of drug-likeness (QED) is 0.767. The zero-order chi connectivity index (χ0) is 19.6. The number of hydrogen-bond donors (Lipinski definition) is 2. The molecular weight excluding hydrogens is 357 g/mol. The molecule has 0 saturated carbocycles. The monoisotopic (exact) mass is 377 g/mol. The minimum absolute atomic E-state index is 0.108. The van der Waals surface area contributed by atoms with Gasteiger partial charge in [-0.05, 0) is 24.3 Å². The third kappa shape index (κ3) is 4.08. The highest BCUT2D eigenvalue weighted by atomic mass is 19.1. The molecule has 1 saturated heterocycles. The van der Waals surface area contributed by atoms with Gasteiger partial charge >= 0.3 is 5.97 Å². The molecule has 0 aliphatic carbocycles. The second-order valence-electron chi connectivity index (χ2n) is 6.50. The third-order valence-corrected chi connectivity index (χ3v) is 4.82. The summed E-state index contributed by atoms with van der Waals surface area (Å²) in [6, 6.07) is 5.43. The minimum Gasteiger partial charge on any atom is -0.503 e. The predicted octanol–water partition coefficient (Wildman–Crippen LogP) is 0.322. The summed E-state index contributed by atoms with van der Waals surface area (Å²) in [4.78, 5) is 40.3. The summed E-state index contributed by atoms with van der Waals surface area (Å²) in [6.45, 7) is 2.95. The maximum absolute atomic E-state index is 13.0. The molecule has 0 atom stereocenters. The zero-order valence-electron chi connectivity index (χ0n) is 14.6. The molecule has 0 bridgehead atoms. The maximum Gasteiger partial charge on any atom is 0.337 e. The summed E-state index contributed by atoms with van der Waals surface area (Å²) in [6.07, 6.45) is 0. The van der Waals surface area contributed by atoms with Gasteiger partial charge in [-0.1, -0.05) is 0 Å². The van der Waals surface area contributed by atoms with Crippen molar-refractivity contribution < 1.29 is 29.0 Å². The SMILES string of the molecule is O=C(O)C1=C(O)C(=O)N(CCN2CCN(C(=O)c3ccc(F)cc3)CC2)C1. The topological polar surface area (TPSA) is 101 Å². The lowest BCUT2D eigenvalue weighted by Gasteiger charge is -2.35. The molecular formula is C18H20FN3O5. The van der Waals surface area contributed by atoms with E-state index < -0.39 is 17.6 Å². The fraction of sp³-hybridized carbons (Fsp3) is 0.389. The first kappa shape index (κ1) is 18.8. The number of aliphatic hydroxyl groups excluding tert-OH is 1. The highest BCUT2D eigenvalue weighted by Gasteiger charge is 2.34. The van der Waals surface area contributed by atoms with Gasteiger partial charge in [0.1, 0.15) is 11.4 Å². The number of piperazine rings is 1. The Hall–Kier alpha value is -2.94. The predicted molar refractivity (Wildman–Crippen MR) is 92.6 cm³/mol. The average Bonchev–Trinajstić information content (AvgIpc) is 2.95. The Balaban J connectivity index is 1.46. The van der Waals surface area contributed by atoms with E-state index >= 15 is 0 Å². The van der Waals surface area contributed by atoms with Crippen molar-refractivity contribution in [3.05, 3.63) is 47.0 Å². The summed E-state index contributed by atoms with van der Waals surface area (Å²) < 4.78 is 13.0. The largest absolute Gasteiger partial charge is 0.503 e. The van der Waals surface area contributed by atoms with E-state index in [1.165, 1.54) is 29.2 Å². The fourth-order valence-electron chi connectivity index (χ4n) is 3.18. The van der Waals surface area contributed by atoms with Crippen LogP contribution in [0.2, 0.25) is 0 Å². The van der Waals surface area contributed by atoms with Gasteiger partial charge in [0.2, 0.25) is 0 Å². The smallest absolute Gasteiger partial charge is 0.337 e. The van der Waals surface area contributed by atoms with Crippen molar-refractivity contribution in [1.82, 2.24) is 14.7 Å². The lowest BCUT2D eigenvalue weighted by atomic mass is 10.2. The van der Waals surface area contributed by atoms with Crippen LogP contribution < -0.4 is 0 Å². The number of rotatable bonds is 5. The van der Waals surface area contributed by atoms with Crippen molar-refractivity contribution in [2.24, 2.45) is 0 Å². The molecule has 1 aromatic carbocycles. The van der Waals surface area contributed by atoms with Crippen LogP contribution in [0.3, 0.4) is 0 Å². The molecule has 9 heteroatoms. The van der Waals surface area contributed by atoms with Crippen LogP contribution in [0.1, 0.15) is 10.4 Å². The standard InChI is InChI=1S/C18H20FN3O5/c19-13-3-1-12(2-4-13)16(24)21-8-5-20(6-9-21)7-10-22-11-14(18(26)27)15(23)17(22)25/h1-4,23H,5-11H2,(H,26,27). The van der Waals surface area contributed by atoms with E-state index in [4.69, 9.17) is 5.11 Å². The molecule has 2 aliphatic rings. The van der Waals surface area contributed by atoms with Crippen molar-refractivity contribution >= 4 is 17.8 Å². The number of carboxylic acids is 1. The molecule has 1 aromatic rings. The highest BCUT2D eigenvalue weighted by molar-refractivity contribution is 6.04. The molecule has 2 heterocycles. The number of carbonyl (C=O) groups excluding carboxylic acids is 2. The summed E-state index contributed by atoms with van der Waals surface area (Å²) in [7, 11) is 0. The van der Waals surface area contributed by atoms with Gasteiger partial charge in [-0.2, -0.15) is 0 Å². The maximum atomic E-state index is 13.0. The van der Waals surface area contributed by atoms with E-state index in [2.05, 4.69) is 4.90 Å². The molecule has 27 heavy (non-hydrogen) atoms. The summed E-state index contributed by atoms with van der Waals surface area (Å²) in [5, 5.41) is 18.5. The summed E-state index contributed by atoms with van der Waals surface area (Å²) in [5.74, 6) is -3.20. The summed E-state index contributed by atoms with van der Waals surface area (Å²) in [5.41, 5.74) is 0.157. The number of aliphatic carboxylic acids is 1. The molecule has 1 fully saturated rings. The number of nitrogens with zero attached hydrogens (tertiary/aromatic N) is 3. The van der Waals surface area contributed by atoms with Crippen molar-refractivity contribution in [3.8, 4) is 0 Å². The van der Waals surface area contributed by atoms with Crippen LogP contribution in [0.4, 0.5) is 4.39 Å². The molecule has 8 nitrogen and oxygen atoms in total. The minimum atomic E-state index is -1.30. The van der Waals surface area contributed by atoms with E-state index in [0.29, 0.717) is 44.8 Å². The first-order valence-electron chi connectivity index (χ1n) is 8.58. The third-order valence-electron chi connectivity index (χ3n) is 4.82. The normalized spacial score (nSPS) is 18.3. The Labute approximate surface area is 155 Å². The zero-order valence-corrected chi connectivity index (χ0v) is 14.6. The van der Waals surface area contributed by atoms with E-state index in [-0.39, 0.29) is 23.8 Å². The van der Waals surface area contributed by atoms with Gasteiger partial charge in [0, 0.05) is 44.8 Å². The van der Waals surface area contributed by atoms with Gasteiger partial charge in [0.05, 0.1) is 6.54 Å². The number of aliphatic hydroxyl groups is 1. The Bertz CT molecular complexity index is 785. The van der Waals surface area contributed by atoms with Crippen LogP contribution in [-0.2, 0) is 9.59 Å². The molecule has 0 aromatic heterocycles. The van der Waals surface area contributed by atoms with Gasteiger partial charge in [-0.15, -0.1) is 0 Å². The number of benzene rings is 1. The van der Waals surface area contributed by atoms with Crippen LogP contribution in [0.5, 0.6) is 0 Å². The molecule has 2 amide bonds. The van der Waals surface area contributed by atoms with Gasteiger partial charge < -0.3 is 20.0 Å². The van der Waals surface area contributed by atoms with Gasteiger partial charge in [0.25, 0.3) is 11.8 Å². The van der Waals surface area contributed by atoms with Crippen LogP contribution >= 0.6 is 0 Å². The van der Waals surface area contributed by atoms with Gasteiger partial charge in [0.15, 0.2) is 5.76 Å². The Morgan fingerprint density at radius 1 is 1.04 bits per heavy atom. The first-order chi connectivity index (χ1) is 12.9. The molecule has 3 rings (SSSR count). The number of carbonyl (C=O) groups is 3. The van der Waals surface area contributed by atoms with E-state index in [1.54, 1.807) is 4.90 Å². The van der Waals surface area contributed by atoms with Crippen molar-refractivity contribution in [2.75, 3.05) is 45.8 Å². The van der Waals surface area contributed by atoms with Gasteiger partial charge in [-0.25, -0.2) is 9.18 Å². The second-order valence-corrected chi connectivity index (χ2v) is 6.50. The first-order valence-corrected chi connectivity index (χ1v) is 8.58. The number of amides is 2. The molecule has 144 valence electrons. The van der Waals surface area contributed by atoms with Crippen molar-refractivity contribution in [2.45, 2.75) is 0 Å². The Kier molecular flexibility index (Phi) is 5.41. The van der Waals surface area contributed by atoms with Gasteiger partial charge in [-0.3, -0.25) is 14.5 Å². The molecule has 0 unspecified atom stereocenters. The number of hydrogen-bond acceptors (Lipinski definition) is 5. The lowest BCUT2D eigenvalue weighted by molar-refractivity contribution is -0.133. The van der Waals surface area contributed by atoms with E-state index in [1.807, 2.05) is 0 Å². The second kappa shape index (κ2) is 7.75. The average molecular weight is 377 g/mol. The van der Waals surface area contributed by atoms with Crippen LogP contribution in [0.15, 0.2) is 35.6 Å². The summed E-state index contributed by atoms with van der Waals surface area (Å²) >= 11 is 0. The van der Waals surface area contributed by atoms with Crippen molar-refractivity contribution in [1.29, 1.82) is 0 Å². The Morgan fingerprint density at radius 3 is 2.22 bits per heavy atom. The number of halogens is 1. The molecule has 0 spiro atoms. The molecule has 2 aliphatic heterocycles. The lowest BCUT2D eigenvalue weighted by Crippen LogP contribution is -2.50. The van der Waals surface area contributed by atoms with Crippen molar-refractivity contribution in [3.63, 3.8) is 0 Å². The van der Waals surface area contributed by atoms with E-state index in [9.17, 15) is 23.9 Å².